The fraction of sp³-hybridized carbons (Fsp3) is 0.300. The van der Waals surface area contributed by atoms with Gasteiger partial charge in [0.1, 0.15) is 11.8 Å². The van der Waals surface area contributed by atoms with E-state index in [4.69, 9.17) is 9.57 Å². The first-order chi connectivity index (χ1) is 12.6. The second kappa shape index (κ2) is 10.2. The minimum absolute atomic E-state index is 0.101. The van der Waals surface area contributed by atoms with E-state index in [-0.39, 0.29) is 25.0 Å². The largest absolute Gasteiger partial charge is 0.484 e. The van der Waals surface area contributed by atoms with Crippen LogP contribution in [-0.4, -0.2) is 24.5 Å². The number of hydrogen-bond acceptors (Lipinski definition) is 4. The number of hydroxylamine groups is 1. The minimum Gasteiger partial charge on any atom is -0.484 e. The van der Waals surface area contributed by atoms with Crippen LogP contribution in [0.2, 0.25) is 0 Å². The van der Waals surface area contributed by atoms with Crippen LogP contribution in [0.25, 0.3) is 0 Å². The summed E-state index contributed by atoms with van der Waals surface area (Å²) in [5.74, 6) is -0.273. The second-order valence-electron chi connectivity index (χ2n) is 6.13. The van der Waals surface area contributed by atoms with Crippen LogP contribution in [0.4, 0.5) is 0 Å². The maximum atomic E-state index is 12.3. The van der Waals surface area contributed by atoms with Crippen LogP contribution in [0, 0.1) is 5.92 Å². The molecule has 1 unspecified atom stereocenters. The standard InChI is InChI=1S/C20H24N2O4/c1-15(2)19(20(24)22-26-13-16-9-5-3-6-10-16)21-18(23)14-25-17-11-7-4-8-12-17/h3-12,15,19H,13-14H2,1-2H3,(H,21,23)(H,22,24). The van der Waals surface area contributed by atoms with Gasteiger partial charge in [0.05, 0.1) is 6.61 Å². The first-order valence-electron chi connectivity index (χ1n) is 8.49. The molecule has 2 aromatic carbocycles. The Labute approximate surface area is 153 Å². The van der Waals surface area contributed by atoms with Gasteiger partial charge in [0, 0.05) is 0 Å². The maximum Gasteiger partial charge on any atom is 0.266 e. The summed E-state index contributed by atoms with van der Waals surface area (Å²) in [6.07, 6.45) is 0. The number of rotatable bonds is 9. The van der Waals surface area contributed by atoms with Gasteiger partial charge in [-0.05, 0) is 23.6 Å². The molecule has 1 atom stereocenters. The number of amides is 2. The third-order valence-corrected chi connectivity index (χ3v) is 3.63. The van der Waals surface area contributed by atoms with Crippen molar-refractivity contribution in [1.29, 1.82) is 0 Å². The van der Waals surface area contributed by atoms with Gasteiger partial charge in [0.25, 0.3) is 11.8 Å². The monoisotopic (exact) mass is 356 g/mol. The van der Waals surface area contributed by atoms with E-state index >= 15 is 0 Å². The Morgan fingerprint density at radius 1 is 0.962 bits per heavy atom. The number of hydrogen-bond donors (Lipinski definition) is 2. The quantitative estimate of drug-likeness (QED) is 0.677. The molecule has 2 rings (SSSR count). The van der Waals surface area contributed by atoms with Crippen molar-refractivity contribution in [3.8, 4) is 5.75 Å². The van der Waals surface area contributed by atoms with Gasteiger partial charge < -0.3 is 10.1 Å². The zero-order valence-corrected chi connectivity index (χ0v) is 15.0. The van der Waals surface area contributed by atoms with E-state index in [1.807, 2.05) is 62.4 Å². The van der Waals surface area contributed by atoms with E-state index in [9.17, 15) is 9.59 Å². The molecule has 0 bridgehead atoms. The van der Waals surface area contributed by atoms with Crippen molar-refractivity contribution in [3.63, 3.8) is 0 Å². The van der Waals surface area contributed by atoms with Gasteiger partial charge in [0.2, 0.25) is 0 Å². The molecule has 0 aliphatic rings. The van der Waals surface area contributed by atoms with Crippen LogP contribution in [0.15, 0.2) is 60.7 Å². The molecule has 0 fully saturated rings. The molecule has 138 valence electrons. The highest BCUT2D eigenvalue weighted by Crippen LogP contribution is 2.08. The van der Waals surface area contributed by atoms with Gasteiger partial charge in [-0.2, -0.15) is 0 Å². The highest BCUT2D eigenvalue weighted by molar-refractivity contribution is 5.87. The number of para-hydroxylation sites is 1. The van der Waals surface area contributed by atoms with Crippen LogP contribution in [0.3, 0.4) is 0 Å². The van der Waals surface area contributed by atoms with E-state index in [1.54, 1.807) is 12.1 Å². The highest BCUT2D eigenvalue weighted by atomic mass is 16.6. The van der Waals surface area contributed by atoms with Crippen molar-refractivity contribution in [3.05, 3.63) is 66.2 Å². The molecule has 0 spiro atoms. The van der Waals surface area contributed by atoms with Crippen LogP contribution < -0.4 is 15.5 Å². The number of ether oxygens (including phenoxy) is 1. The average molecular weight is 356 g/mol. The van der Waals surface area contributed by atoms with Crippen molar-refractivity contribution in [1.82, 2.24) is 10.8 Å². The summed E-state index contributed by atoms with van der Waals surface area (Å²) in [5.41, 5.74) is 3.34. The summed E-state index contributed by atoms with van der Waals surface area (Å²) in [4.78, 5) is 29.6. The summed E-state index contributed by atoms with van der Waals surface area (Å²) in [5, 5.41) is 2.68. The Morgan fingerprint density at radius 3 is 2.19 bits per heavy atom. The van der Waals surface area contributed by atoms with E-state index in [0.29, 0.717) is 5.75 Å². The van der Waals surface area contributed by atoms with Gasteiger partial charge in [-0.15, -0.1) is 0 Å². The van der Waals surface area contributed by atoms with E-state index in [0.717, 1.165) is 5.56 Å². The predicted molar refractivity (Wildman–Crippen MR) is 98.1 cm³/mol. The van der Waals surface area contributed by atoms with Crippen LogP contribution >= 0.6 is 0 Å². The molecule has 2 amide bonds. The lowest BCUT2D eigenvalue weighted by Crippen LogP contribution is -2.50. The van der Waals surface area contributed by atoms with Gasteiger partial charge in [-0.25, -0.2) is 5.48 Å². The zero-order valence-electron chi connectivity index (χ0n) is 15.0. The lowest BCUT2D eigenvalue weighted by molar-refractivity contribution is -0.140. The molecular formula is C20H24N2O4. The lowest BCUT2D eigenvalue weighted by Gasteiger charge is -2.21. The van der Waals surface area contributed by atoms with Crippen LogP contribution in [0.1, 0.15) is 19.4 Å². The Balaban J connectivity index is 1.79. The molecule has 6 nitrogen and oxygen atoms in total. The number of nitrogens with one attached hydrogen (secondary N) is 2. The normalized spacial score (nSPS) is 11.7. The van der Waals surface area contributed by atoms with Crippen molar-refractivity contribution in [2.75, 3.05) is 6.61 Å². The van der Waals surface area contributed by atoms with E-state index in [1.165, 1.54) is 0 Å². The number of benzene rings is 2. The Hall–Kier alpha value is -2.86. The third-order valence-electron chi connectivity index (χ3n) is 3.63. The summed E-state index contributed by atoms with van der Waals surface area (Å²) in [6, 6.07) is 17.8. The topological polar surface area (TPSA) is 76.7 Å². The average Bonchev–Trinajstić information content (AvgIpc) is 2.65. The fourth-order valence-electron chi connectivity index (χ4n) is 2.24. The first kappa shape index (κ1) is 19.5. The van der Waals surface area contributed by atoms with E-state index < -0.39 is 11.9 Å². The predicted octanol–water partition coefficient (Wildman–Crippen LogP) is 2.45. The minimum atomic E-state index is -0.711. The molecule has 0 aromatic heterocycles. The smallest absolute Gasteiger partial charge is 0.266 e. The van der Waals surface area contributed by atoms with Crippen molar-refractivity contribution < 1.29 is 19.2 Å². The Morgan fingerprint density at radius 2 is 1.58 bits per heavy atom. The molecule has 6 heteroatoms. The summed E-state index contributed by atoms with van der Waals surface area (Å²) in [7, 11) is 0. The summed E-state index contributed by atoms with van der Waals surface area (Å²) >= 11 is 0. The zero-order chi connectivity index (χ0) is 18.8. The van der Waals surface area contributed by atoms with Crippen LogP contribution in [-0.2, 0) is 21.0 Å². The molecule has 2 aromatic rings. The first-order valence-corrected chi connectivity index (χ1v) is 8.49. The fourth-order valence-corrected chi connectivity index (χ4v) is 2.24. The molecule has 0 aliphatic carbocycles. The Kier molecular flexibility index (Phi) is 7.64. The molecule has 0 aliphatic heterocycles. The second-order valence-corrected chi connectivity index (χ2v) is 6.13. The molecule has 2 N–H and O–H groups in total. The SMILES string of the molecule is CC(C)C(NC(=O)COc1ccccc1)C(=O)NOCc1ccccc1. The van der Waals surface area contributed by atoms with Gasteiger partial charge >= 0.3 is 0 Å². The molecule has 0 saturated carbocycles. The van der Waals surface area contributed by atoms with Gasteiger partial charge in [-0.1, -0.05) is 62.4 Å². The summed E-state index contributed by atoms with van der Waals surface area (Å²) in [6.45, 7) is 3.79. The molecule has 0 radical (unpaired) electrons. The highest BCUT2D eigenvalue weighted by Gasteiger charge is 2.24. The van der Waals surface area contributed by atoms with E-state index in [2.05, 4.69) is 10.8 Å². The lowest BCUT2D eigenvalue weighted by atomic mass is 10.0. The Bertz CT molecular complexity index is 689. The van der Waals surface area contributed by atoms with Crippen molar-refractivity contribution in [2.24, 2.45) is 5.92 Å². The molecule has 0 saturated heterocycles. The third kappa shape index (κ3) is 6.57. The summed E-state index contributed by atoms with van der Waals surface area (Å²) < 4.78 is 5.39. The van der Waals surface area contributed by atoms with Crippen molar-refractivity contribution >= 4 is 11.8 Å². The van der Waals surface area contributed by atoms with Crippen molar-refractivity contribution in [2.45, 2.75) is 26.5 Å². The molecule has 0 heterocycles. The molecule has 26 heavy (non-hydrogen) atoms. The maximum absolute atomic E-state index is 12.3. The van der Waals surface area contributed by atoms with Gasteiger partial charge in [0.15, 0.2) is 6.61 Å². The van der Waals surface area contributed by atoms with Crippen LogP contribution in [0.5, 0.6) is 5.75 Å². The number of carbonyl (C=O) groups excluding carboxylic acids is 2. The molecular weight excluding hydrogens is 332 g/mol. The van der Waals surface area contributed by atoms with Gasteiger partial charge in [-0.3, -0.25) is 14.4 Å². The number of carbonyl (C=O) groups is 2.